The van der Waals surface area contributed by atoms with Crippen LogP contribution in [0, 0.1) is 0 Å². The molecule has 104 valence electrons. The van der Waals surface area contributed by atoms with Crippen molar-refractivity contribution in [1.82, 2.24) is 4.90 Å². The number of benzene rings is 1. The molecule has 1 atom stereocenters. The summed E-state index contributed by atoms with van der Waals surface area (Å²) < 4.78 is 5.27. The van der Waals surface area contributed by atoms with Crippen molar-refractivity contribution in [3.63, 3.8) is 0 Å². The van der Waals surface area contributed by atoms with E-state index in [-0.39, 0.29) is 6.42 Å². The smallest absolute Gasteiger partial charge is 0.304 e. The van der Waals surface area contributed by atoms with Gasteiger partial charge < -0.3 is 9.84 Å². The van der Waals surface area contributed by atoms with Gasteiger partial charge in [0.1, 0.15) is 5.75 Å². The molecule has 0 spiro atoms. The molecule has 0 saturated carbocycles. The fourth-order valence-electron chi connectivity index (χ4n) is 2.72. The Hall–Kier alpha value is -1.55. The molecule has 1 aromatic carbocycles. The fourth-order valence-corrected chi connectivity index (χ4v) is 2.72. The molecule has 19 heavy (non-hydrogen) atoms. The fraction of sp³-hybridized carbons (Fsp3) is 0.533. The van der Waals surface area contributed by atoms with E-state index in [1.54, 1.807) is 7.11 Å². The molecule has 0 aliphatic carbocycles. The number of nitrogens with zero attached hydrogens (tertiary/aromatic N) is 1. The van der Waals surface area contributed by atoms with Crippen molar-refractivity contribution < 1.29 is 14.6 Å². The van der Waals surface area contributed by atoms with Gasteiger partial charge in [0, 0.05) is 12.6 Å². The predicted molar refractivity (Wildman–Crippen MR) is 73.4 cm³/mol. The van der Waals surface area contributed by atoms with Gasteiger partial charge in [-0.25, -0.2) is 0 Å². The minimum Gasteiger partial charge on any atom is -0.497 e. The van der Waals surface area contributed by atoms with Crippen LogP contribution in [0.4, 0.5) is 0 Å². The number of hydrogen-bond donors (Lipinski definition) is 1. The lowest BCUT2D eigenvalue weighted by molar-refractivity contribution is -0.137. The second-order valence-electron chi connectivity index (χ2n) is 4.97. The maximum absolute atomic E-state index is 10.7. The molecule has 0 aromatic heterocycles. The van der Waals surface area contributed by atoms with Crippen molar-refractivity contribution in [1.29, 1.82) is 0 Å². The van der Waals surface area contributed by atoms with Crippen molar-refractivity contribution >= 4 is 5.97 Å². The Labute approximate surface area is 114 Å². The van der Waals surface area contributed by atoms with Gasteiger partial charge in [0.05, 0.1) is 13.5 Å². The lowest BCUT2D eigenvalue weighted by Gasteiger charge is -2.35. The summed E-state index contributed by atoms with van der Waals surface area (Å²) in [6.07, 6.45) is 3.65. The summed E-state index contributed by atoms with van der Waals surface area (Å²) in [6.45, 7) is 1.60. The molecule has 1 heterocycles. The zero-order valence-electron chi connectivity index (χ0n) is 11.3. The number of rotatable bonds is 5. The molecule has 1 aliphatic heterocycles. The minimum absolute atomic E-state index is 0.209. The van der Waals surface area contributed by atoms with Crippen molar-refractivity contribution in [2.75, 3.05) is 20.2 Å². The number of piperidine rings is 1. The first-order valence-corrected chi connectivity index (χ1v) is 6.80. The number of ether oxygens (including phenoxy) is 1. The van der Waals surface area contributed by atoms with E-state index in [2.05, 4.69) is 17.0 Å². The Bertz CT molecular complexity index is 433. The monoisotopic (exact) mass is 263 g/mol. The highest BCUT2D eigenvalue weighted by Crippen LogP contribution is 2.32. The first kappa shape index (κ1) is 13.9. The van der Waals surface area contributed by atoms with E-state index in [9.17, 15) is 4.79 Å². The molecular weight excluding hydrogens is 242 g/mol. The summed E-state index contributed by atoms with van der Waals surface area (Å²) in [4.78, 5) is 13.0. The van der Waals surface area contributed by atoms with Gasteiger partial charge in [-0.2, -0.15) is 0 Å². The summed E-state index contributed by atoms with van der Waals surface area (Å²) in [6, 6.07) is 8.42. The third-order valence-corrected chi connectivity index (χ3v) is 3.71. The molecule has 1 saturated heterocycles. The third-order valence-electron chi connectivity index (χ3n) is 3.71. The van der Waals surface area contributed by atoms with Crippen LogP contribution in [0.15, 0.2) is 24.3 Å². The molecule has 0 unspecified atom stereocenters. The first-order chi connectivity index (χ1) is 9.20. The van der Waals surface area contributed by atoms with Crippen LogP contribution in [0.3, 0.4) is 0 Å². The Kier molecular flexibility index (Phi) is 4.80. The van der Waals surface area contributed by atoms with Crippen LogP contribution in [0.2, 0.25) is 0 Å². The van der Waals surface area contributed by atoms with Crippen LogP contribution in [0.1, 0.15) is 37.3 Å². The molecule has 1 aromatic rings. The lowest BCUT2D eigenvalue weighted by Crippen LogP contribution is -2.35. The second kappa shape index (κ2) is 6.57. The highest BCUT2D eigenvalue weighted by molar-refractivity contribution is 5.66. The number of carboxylic acids is 1. The first-order valence-electron chi connectivity index (χ1n) is 6.80. The number of hydrogen-bond acceptors (Lipinski definition) is 3. The molecule has 0 amide bonds. The average Bonchev–Trinajstić information content (AvgIpc) is 2.45. The van der Waals surface area contributed by atoms with E-state index in [1.165, 1.54) is 12.0 Å². The molecule has 2 rings (SSSR count). The quantitative estimate of drug-likeness (QED) is 0.887. The van der Waals surface area contributed by atoms with Crippen LogP contribution in [-0.4, -0.2) is 36.2 Å². The van der Waals surface area contributed by atoms with E-state index < -0.39 is 5.97 Å². The van der Waals surface area contributed by atoms with E-state index in [0.29, 0.717) is 12.6 Å². The highest BCUT2D eigenvalue weighted by Gasteiger charge is 2.24. The largest absolute Gasteiger partial charge is 0.497 e. The van der Waals surface area contributed by atoms with Gasteiger partial charge in [-0.05, 0) is 37.1 Å². The van der Waals surface area contributed by atoms with Gasteiger partial charge in [0.2, 0.25) is 0 Å². The van der Waals surface area contributed by atoms with Crippen molar-refractivity contribution in [3.05, 3.63) is 29.8 Å². The van der Waals surface area contributed by atoms with Crippen LogP contribution < -0.4 is 4.74 Å². The Balaban J connectivity index is 2.11. The van der Waals surface area contributed by atoms with Crippen molar-refractivity contribution in [3.8, 4) is 5.75 Å². The predicted octanol–water partition coefficient (Wildman–Crippen LogP) is 2.70. The Morgan fingerprint density at radius 2 is 2.32 bits per heavy atom. The molecule has 1 fully saturated rings. The van der Waals surface area contributed by atoms with E-state index >= 15 is 0 Å². The van der Waals surface area contributed by atoms with Gasteiger partial charge in [0.15, 0.2) is 0 Å². The average molecular weight is 263 g/mol. The van der Waals surface area contributed by atoms with E-state index in [4.69, 9.17) is 9.84 Å². The van der Waals surface area contributed by atoms with Gasteiger partial charge >= 0.3 is 5.97 Å². The van der Waals surface area contributed by atoms with Gasteiger partial charge in [0.25, 0.3) is 0 Å². The van der Waals surface area contributed by atoms with Gasteiger partial charge in [-0.1, -0.05) is 18.6 Å². The molecular formula is C15H21NO3. The zero-order chi connectivity index (χ0) is 13.7. The lowest BCUT2D eigenvalue weighted by atomic mass is 9.95. The maximum atomic E-state index is 10.7. The number of likely N-dealkylation sites (tertiary alicyclic amines) is 1. The summed E-state index contributed by atoms with van der Waals surface area (Å²) in [5, 5.41) is 8.84. The van der Waals surface area contributed by atoms with Crippen LogP contribution in [0.25, 0.3) is 0 Å². The zero-order valence-corrected chi connectivity index (χ0v) is 11.3. The normalized spacial score (nSPS) is 20.2. The number of carbonyl (C=O) groups is 1. The standard InChI is InChI=1S/C15H21NO3/c1-19-13-6-4-5-12(11-13)14-7-2-3-9-16(14)10-8-15(17)18/h4-6,11,14H,2-3,7-10H2,1H3,(H,17,18)/t14-/m1/s1. The number of carboxylic acid groups (broad SMARTS) is 1. The summed E-state index contributed by atoms with van der Waals surface area (Å²) >= 11 is 0. The molecule has 0 radical (unpaired) electrons. The molecule has 4 heteroatoms. The second-order valence-corrected chi connectivity index (χ2v) is 4.97. The van der Waals surface area contributed by atoms with Gasteiger partial charge in [-0.3, -0.25) is 9.69 Å². The van der Waals surface area contributed by atoms with Crippen molar-refractivity contribution in [2.24, 2.45) is 0 Å². The number of methoxy groups -OCH3 is 1. The Morgan fingerprint density at radius 3 is 3.05 bits per heavy atom. The minimum atomic E-state index is -0.727. The summed E-state index contributed by atoms with van der Waals surface area (Å²) in [7, 11) is 1.67. The van der Waals surface area contributed by atoms with E-state index in [1.807, 2.05) is 12.1 Å². The molecule has 0 bridgehead atoms. The highest BCUT2D eigenvalue weighted by atomic mass is 16.5. The maximum Gasteiger partial charge on any atom is 0.304 e. The third kappa shape index (κ3) is 3.70. The van der Waals surface area contributed by atoms with Crippen LogP contribution in [0.5, 0.6) is 5.75 Å². The number of aliphatic carboxylic acids is 1. The topological polar surface area (TPSA) is 49.8 Å². The van der Waals surface area contributed by atoms with Crippen molar-refractivity contribution in [2.45, 2.75) is 31.7 Å². The van der Waals surface area contributed by atoms with E-state index in [0.717, 1.165) is 25.1 Å². The molecule has 4 nitrogen and oxygen atoms in total. The summed E-state index contributed by atoms with van der Waals surface area (Å²) in [5.41, 5.74) is 1.23. The Morgan fingerprint density at radius 1 is 1.47 bits per heavy atom. The molecule has 1 N–H and O–H groups in total. The van der Waals surface area contributed by atoms with Crippen LogP contribution >= 0.6 is 0 Å². The SMILES string of the molecule is COc1cccc([C@H]2CCCCN2CCC(=O)O)c1. The van der Waals surface area contributed by atoms with Crippen LogP contribution in [-0.2, 0) is 4.79 Å². The van der Waals surface area contributed by atoms with Gasteiger partial charge in [-0.15, -0.1) is 0 Å². The molecule has 1 aliphatic rings. The summed E-state index contributed by atoms with van der Waals surface area (Å²) in [5.74, 6) is 0.135.